The first-order valence-corrected chi connectivity index (χ1v) is 9.40. The van der Waals surface area contributed by atoms with Gasteiger partial charge in [0, 0.05) is 18.2 Å². The third-order valence-corrected chi connectivity index (χ3v) is 4.88. The zero-order valence-electron chi connectivity index (χ0n) is 15.1. The Hall–Kier alpha value is -1.82. The van der Waals surface area contributed by atoms with Crippen LogP contribution in [0.4, 0.5) is 5.69 Å². The maximum Gasteiger partial charge on any atom is 0.234 e. The van der Waals surface area contributed by atoms with Gasteiger partial charge in [-0.3, -0.25) is 4.79 Å². The minimum absolute atomic E-state index is 0.0132. The lowest BCUT2D eigenvalue weighted by Gasteiger charge is -2.13. The van der Waals surface area contributed by atoms with Crippen LogP contribution in [-0.2, 0) is 17.8 Å². The first-order valence-electron chi connectivity index (χ1n) is 8.42. The van der Waals surface area contributed by atoms with Crippen LogP contribution in [-0.4, -0.2) is 26.4 Å². The second kappa shape index (κ2) is 8.33. The van der Waals surface area contributed by atoms with E-state index in [2.05, 4.69) is 53.8 Å². The molecule has 0 aliphatic carbocycles. The van der Waals surface area contributed by atoms with Crippen molar-refractivity contribution in [3.8, 4) is 0 Å². The maximum absolute atomic E-state index is 12.4. The van der Waals surface area contributed by atoms with Gasteiger partial charge >= 0.3 is 0 Å². The Balaban J connectivity index is 2.05. The molecule has 1 aromatic heterocycles. The number of thioether (sulfide) groups is 1. The number of nitrogens with zero attached hydrogens (tertiary/aromatic N) is 3. The van der Waals surface area contributed by atoms with Gasteiger partial charge in [0.05, 0.1) is 5.75 Å². The van der Waals surface area contributed by atoms with Gasteiger partial charge in [-0.1, -0.05) is 50.7 Å². The smallest absolute Gasteiger partial charge is 0.234 e. The standard InChI is InChI=1S/C18H26N4OS/c1-6-14-10-8-9-13(5)16(14)19-15(23)11-24-18-21-20-17(12(3)4)22(18)7-2/h8-10,12H,6-7,11H2,1-5H3,(H,19,23). The Morgan fingerprint density at radius 2 is 2.04 bits per heavy atom. The largest absolute Gasteiger partial charge is 0.325 e. The first-order chi connectivity index (χ1) is 11.5. The molecule has 0 saturated carbocycles. The molecule has 0 unspecified atom stereocenters. The Bertz CT molecular complexity index is 709. The molecule has 5 nitrogen and oxygen atoms in total. The van der Waals surface area contributed by atoms with Gasteiger partial charge in [0.1, 0.15) is 5.82 Å². The van der Waals surface area contributed by atoms with E-state index in [1.807, 2.05) is 19.1 Å². The van der Waals surface area contributed by atoms with Crippen LogP contribution in [0.1, 0.15) is 50.6 Å². The van der Waals surface area contributed by atoms with Gasteiger partial charge in [0.15, 0.2) is 5.16 Å². The Morgan fingerprint density at radius 3 is 2.67 bits per heavy atom. The lowest BCUT2D eigenvalue weighted by atomic mass is 10.1. The summed E-state index contributed by atoms with van der Waals surface area (Å²) in [5.74, 6) is 1.60. The molecule has 0 spiro atoms. The van der Waals surface area contributed by atoms with Crippen LogP contribution in [0, 0.1) is 6.92 Å². The fourth-order valence-electron chi connectivity index (χ4n) is 2.64. The molecule has 0 fully saturated rings. The summed E-state index contributed by atoms with van der Waals surface area (Å²) in [7, 11) is 0. The van der Waals surface area contributed by atoms with Gasteiger partial charge in [-0.2, -0.15) is 0 Å². The molecule has 0 aliphatic rings. The number of aryl methyl sites for hydroxylation is 2. The Morgan fingerprint density at radius 1 is 1.29 bits per heavy atom. The molecule has 0 saturated heterocycles. The van der Waals surface area contributed by atoms with Crippen molar-refractivity contribution in [2.45, 2.75) is 58.7 Å². The number of carbonyl (C=O) groups excluding carboxylic acids is 1. The molecule has 130 valence electrons. The highest BCUT2D eigenvalue weighted by Gasteiger charge is 2.16. The average molecular weight is 347 g/mol. The molecule has 6 heteroatoms. The van der Waals surface area contributed by atoms with Crippen LogP contribution in [0.5, 0.6) is 0 Å². The van der Waals surface area contributed by atoms with E-state index in [-0.39, 0.29) is 5.91 Å². The summed E-state index contributed by atoms with van der Waals surface area (Å²) in [6, 6.07) is 6.10. The Labute approximate surface area is 148 Å². The number of para-hydroxylation sites is 1. The van der Waals surface area contributed by atoms with Crippen LogP contribution in [0.3, 0.4) is 0 Å². The van der Waals surface area contributed by atoms with E-state index in [0.717, 1.165) is 40.8 Å². The molecular formula is C18H26N4OS. The zero-order valence-corrected chi connectivity index (χ0v) is 15.9. The van der Waals surface area contributed by atoms with E-state index in [0.29, 0.717) is 11.7 Å². The predicted molar refractivity (Wildman–Crippen MR) is 99.7 cm³/mol. The monoisotopic (exact) mass is 346 g/mol. The van der Waals surface area contributed by atoms with Crippen molar-refractivity contribution >= 4 is 23.4 Å². The summed E-state index contributed by atoms with van der Waals surface area (Å²) in [5.41, 5.74) is 3.18. The maximum atomic E-state index is 12.4. The predicted octanol–water partition coefficient (Wildman–Crippen LogP) is 4.02. The number of benzene rings is 1. The summed E-state index contributed by atoms with van der Waals surface area (Å²) in [4.78, 5) is 12.4. The highest BCUT2D eigenvalue weighted by Crippen LogP contribution is 2.24. The summed E-state index contributed by atoms with van der Waals surface area (Å²) < 4.78 is 2.08. The second-order valence-electron chi connectivity index (χ2n) is 6.04. The highest BCUT2D eigenvalue weighted by molar-refractivity contribution is 7.99. The van der Waals surface area contributed by atoms with E-state index >= 15 is 0 Å². The van der Waals surface area contributed by atoms with Gasteiger partial charge in [0.2, 0.25) is 5.91 Å². The van der Waals surface area contributed by atoms with E-state index in [1.165, 1.54) is 11.8 Å². The van der Waals surface area contributed by atoms with Crippen LogP contribution >= 0.6 is 11.8 Å². The molecule has 0 aliphatic heterocycles. The number of anilines is 1. The third-order valence-electron chi connectivity index (χ3n) is 3.91. The van der Waals surface area contributed by atoms with E-state index in [4.69, 9.17) is 0 Å². The van der Waals surface area contributed by atoms with E-state index < -0.39 is 0 Å². The fourth-order valence-corrected chi connectivity index (χ4v) is 3.45. The summed E-state index contributed by atoms with van der Waals surface area (Å²) in [5, 5.41) is 12.3. The quantitative estimate of drug-likeness (QED) is 0.769. The third kappa shape index (κ3) is 4.17. The summed E-state index contributed by atoms with van der Waals surface area (Å²) >= 11 is 1.43. The molecule has 0 bridgehead atoms. The van der Waals surface area contributed by atoms with Crippen molar-refractivity contribution in [1.29, 1.82) is 0 Å². The first kappa shape index (κ1) is 18.5. The summed E-state index contributed by atoms with van der Waals surface area (Å²) in [6.45, 7) is 11.2. The SMILES string of the molecule is CCc1cccc(C)c1NC(=O)CSc1nnc(C(C)C)n1CC. The fraction of sp³-hybridized carbons (Fsp3) is 0.500. The number of aromatic nitrogens is 3. The number of nitrogens with one attached hydrogen (secondary N) is 1. The molecule has 1 heterocycles. The number of carbonyl (C=O) groups is 1. The number of rotatable bonds is 7. The van der Waals surface area contributed by atoms with Crippen LogP contribution in [0.2, 0.25) is 0 Å². The topological polar surface area (TPSA) is 59.8 Å². The minimum Gasteiger partial charge on any atom is -0.325 e. The van der Waals surface area contributed by atoms with Crippen LogP contribution in [0.15, 0.2) is 23.4 Å². The number of amides is 1. The molecule has 0 atom stereocenters. The normalized spacial score (nSPS) is 11.1. The Kier molecular flexibility index (Phi) is 6.43. The minimum atomic E-state index is -0.0132. The van der Waals surface area contributed by atoms with Crippen LogP contribution in [0.25, 0.3) is 0 Å². The van der Waals surface area contributed by atoms with Crippen molar-refractivity contribution in [3.05, 3.63) is 35.2 Å². The van der Waals surface area contributed by atoms with E-state index in [1.54, 1.807) is 0 Å². The van der Waals surface area contributed by atoms with Crippen molar-refractivity contribution in [1.82, 2.24) is 14.8 Å². The average Bonchev–Trinajstić information content (AvgIpc) is 2.98. The van der Waals surface area contributed by atoms with Crippen LogP contribution < -0.4 is 5.32 Å². The summed E-state index contributed by atoms with van der Waals surface area (Å²) in [6.07, 6.45) is 0.895. The van der Waals surface area contributed by atoms with Crippen molar-refractivity contribution in [2.24, 2.45) is 0 Å². The van der Waals surface area contributed by atoms with Gasteiger partial charge < -0.3 is 9.88 Å². The molecular weight excluding hydrogens is 320 g/mol. The molecule has 1 N–H and O–H groups in total. The van der Waals surface area contributed by atoms with E-state index in [9.17, 15) is 4.79 Å². The number of hydrogen-bond donors (Lipinski definition) is 1. The molecule has 0 radical (unpaired) electrons. The van der Waals surface area contributed by atoms with Gasteiger partial charge in [0.25, 0.3) is 0 Å². The van der Waals surface area contributed by atoms with Gasteiger partial charge in [-0.25, -0.2) is 0 Å². The highest BCUT2D eigenvalue weighted by atomic mass is 32.2. The van der Waals surface area contributed by atoms with Gasteiger partial charge in [-0.05, 0) is 31.4 Å². The molecule has 24 heavy (non-hydrogen) atoms. The van der Waals surface area contributed by atoms with Crippen molar-refractivity contribution in [3.63, 3.8) is 0 Å². The lowest BCUT2D eigenvalue weighted by molar-refractivity contribution is -0.113. The van der Waals surface area contributed by atoms with Crippen molar-refractivity contribution in [2.75, 3.05) is 11.1 Å². The van der Waals surface area contributed by atoms with Crippen molar-refractivity contribution < 1.29 is 4.79 Å². The lowest BCUT2D eigenvalue weighted by Crippen LogP contribution is -2.16. The number of hydrogen-bond acceptors (Lipinski definition) is 4. The van der Waals surface area contributed by atoms with Gasteiger partial charge in [-0.15, -0.1) is 10.2 Å². The molecule has 1 amide bonds. The second-order valence-corrected chi connectivity index (χ2v) is 6.98. The molecule has 2 aromatic rings. The zero-order chi connectivity index (χ0) is 17.7. The molecule has 2 rings (SSSR count). The molecule has 1 aromatic carbocycles.